The molecule has 1 fully saturated rings. The van der Waals surface area contributed by atoms with E-state index < -0.39 is 17.9 Å². The van der Waals surface area contributed by atoms with E-state index >= 15 is 0 Å². The Morgan fingerprint density at radius 1 is 1.67 bits per heavy atom. The number of hydrogen-bond acceptors (Lipinski definition) is 5. The van der Waals surface area contributed by atoms with Crippen molar-refractivity contribution in [3.63, 3.8) is 0 Å². The second-order valence-electron chi connectivity index (χ2n) is 3.01. The highest BCUT2D eigenvalue weighted by molar-refractivity contribution is 7.99. The van der Waals surface area contributed by atoms with Crippen LogP contribution in [0.15, 0.2) is 16.9 Å². The Balaban J connectivity index is 2.17. The Kier molecular flexibility index (Phi) is 2.63. The van der Waals surface area contributed by atoms with Crippen LogP contribution in [0.3, 0.4) is 0 Å². The minimum atomic E-state index is -0.989. The van der Waals surface area contributed by atoms with E-state index in [2.05, 4.69) is 9.68 Å². The Labute approximate surface area is 89.2 Å². The molecule has 2 rings (SSSR count). The first kappa shape index (κ1) is 10.0. The number of carboxylic acid groups (broad SMARTS) is 1. The number of thioether (sulfide) groups is 1. The monoisotopic (exact) mass is 228 g/mol. The van der Waals surface area contributed by atoms with E-state index in [1.54, 1.807) is 0 Å². The first-order valence-corrected chi connectivity index (χ1v) is 5.37. The van der Waals surface area contributed by atoms with Crippen molar-refractivity contribution in [1.82, 2.24) is 10.1 Å². The minimum absolute atomic E-state index is 0.142. The molecular formula is C8H8N2O4S. The largest absolute Gasteiger partial charge is 0.480 e. The summed E-state index contributed by atoms with van der Waals surface area (Å²) < 4.78 is 4.54. The average Bonchev–Trinajstić information content (AvgIpc) is 2.88. The van der Waals surface area contributed by atoms with Crippen molar-refractivity contribution in [3.8, 4) is 0 Å². The number of nitrogens with zero attached hydrogens (tertiary/aromatic N) is 2. The summed E-state index contributed by atoms with van der Waals surface area (Å²) in [5.41, 5.74) is 0.142. The highest BCUT2D eigenvalue weighted by Crippen LogP contribution is 2.22. The number of amides is 1. The number of carbonyl (C=O) groups is 2. The van der Waals surface area contributed by atoms with Gasteiger partial charge < -0.3 is 14.5 Å². The quantitative estimate of drug-likeness (QED) is 0.782. The molecule has 0 radical (unpaired) electrons. The van der Waals surface area contributed by atoms with Crippen molar-refractivity contribution in [2.24, 2.45) is 0 Å². The van der Waals surface area contributed by atoms with Crippen LogP contribution in [0.4, 0.5) is 0 Å². The summed E-state index contributed by atoms with van der Waals surface area (Å²) in [4.78, 5) is 23.9. The second-order valence-corrected chi connectivity index (χ2v) is 4.01. The normalized spacial score (nSPS) is 20.5. The molecule has 7 heteroatoms. The molecule has 1 amide bonds. The van der Waals surface area contributed by atoms with Gasteiger partial charge in [0, 0.05) is 11.8 Å². The van der Waals surface area contributed by atoms with Gasteiger partial charge in [0.1, 0.15) is 12.3 Å². The van der Waals surface area contributed by atoms with Gasteiger partial charge in [-0.25, -0.2) is 4.79 Å². The van der Waals surface area contributed by atoms with Gasteiger partial charge in [-0.05, 0) is 0 Å². The first-order valence-electron chi connectivity index (χ1n) is 4.22. The van der Waals surface area contributed by atoms with E-state index in [9.17, 15) is 9.59 Å². The fraction of sp³-hybridized carbons (Fsp3) is 0.375. The van der Waals surface area contributed by atoms with E-state index in [-0.39, 0.29) is 5.69 Å². The zero-order chi connectivity index (χ0) is 10.8. The Morgan fingerprint density at radius 2 is 2.47 bits per heavy atom. The van der Waals surface area contributed by atoms with Crippen molar-refractivity contribution in [2.75, 3.05) is 11.6 Å². The molecule has 0 spiro atoms. The van der Waals surface area contributed by atoms with Crippen LogP contribution in [0, 0.1) is 0 Å². The summed E-state index contributed by atoms with van der Waals surface area (Å²) in [5.74, 6) is -0.598. The maximum Gasteiger partial charge on any atom is 0.327 e. The second kappa shape index (κ2) is 3.93. The third-order valence-electron chi connectivity index (χ3n) is 2.09. The van der Waals surface area contributed by atoms with Crippen LogP contribution in [0.5, 0.6) is 0 Å². The lowest BCUT2D eigenvalue weighted by Crippen LogP contribution is -2.41. The Hall–Kier alpha value is -1.50. The molecule has 1 aliphatic heterocycles. The van der Waals surface area contributed by atoms with Gasteiger partial charge in [0.2, 0.25) is 0 Å². The molecule has 6 nitrogen and oxygen atoms in total. The molecule has 0 bridgehead atoms. The average molecular weight is 228 g/mol. The molecule has 2 heterocycles. The summed E-state index contributed by atoms with van der Waals surface area (Å²) in [7, 11) is 0. The SMILES string of the molecule is O=C(O)C1CSCN1C(=O)c1ccon1. The number of aliphatic carboxylic acids is 1. The molecular weight excluding hydrogens is 220 g/mol. The minimum Gasteiger partial charge on any atom is -0.480 e. The zero-order valence-electron chi connectivity index (χ0n) is 7.62. The summed E-state index contributed by atoms with van der Waals surface area (Å²) in [6, 6.07) is 0.656. The highest BCUT2D eigenvalue weighted by atomic mass is 32.2. The van der Waals surface area contributed by atoms with Gasteiger partial charge >= 0.3 is 5.97 Å². The highest BCUT2D eigenvalue weighted by Gasteiger charge is 2.35. The van der Waals surface area contributed by atoms with E-state index in [1.807, 2.05) is 0 Å². The molecule has 80 valence electrons. The molecule has 1 atom stereocenters. The smallest absolute Gasteiger partial charge is 0.327 e. The van der Waals surface area contributed by atoms with E-state index in [0.717, 1.165) is 0 Å². The van der Waals surface area contributed by atoms with Gasteiger partial charge in [-0.1, -0.05) is 5.16 Å². The van der Waals surface area contributed by atoms with E-state index in [1.165, 1.54) is 29.0 Å². The fourth-order valence-electron chi connectivity index (χ4n) is 1.32. The van der Waals surface area contributed by atoms with Crippen LogP contribution in [0.25, 0.3) is 0 Å². The van der Waals surface area contributed by atoms with Crippen molar-refractivity contribution in [1.29, 1.82) is 0 Å². The van der Waals surface area contributed by atoms with Crippen LogP contribution in [-0.4, -0.2) is 44.7 Å². The van der Waals surface area contributed by atoms with Crippen LogP contribution >= 0.6 is 11.8 Å². The van der Waals surface area contributed by atoms with Crippen molar-refractivity contribution < 1.29 is 19.2 Å². The van der Waals surface area contributed by atoms with Crippen LogP contribution in [0.2, 0.25) is 0 Å². The molecule has 1 aromatic heterocycles. The lowest BCUT2D eigenvalue weighted by molar-refractivity contribution is -0.140. The summed E-state index contributed by atoms with van der Waals surface area (Å²) >= 11 is 1.41. The van der Waals surface area contributed by atoms with Gasteiger partial charge in [-0.2, -0.15) is 0 Å². The van der Waals surface area contributed by atoms with Gasteiger partial charge in [0.25, 0.3) is 5.91 Å². The molecule has 0 aromatic carbocycles. The van der Waals surface area contributed by atoms with Crippen molar-refractivity contribution >= 4 is 23.6 Å². The van der Waals surface area contributed by atoms with Gasteiger partial charge in [0.15, 0.2) is 5.69 Å². The number of hydrogen-bond donors (Lipinski definition) is 1. The molecule has 1 unspecified atom stereocenters. The van der Waals surface area contributed by atoms with Crippen LogP contribution in [-0.2, 0) is 4.79 Å². The predicted octanol–water partition coefficient (Wildman–Crippen LogP) is 0.274. The summed E-state index contributed by atoms with van der Waals surface area (Å²) in [5, 5.41) is 12.4. The molecule has 1 aromatic rings. The van der Waals surface area contributed by atoms with Crippen LogP contribution in [0.1, 0.15) is 10.5 Å². The predicted molar refractivity (Wildman–Crippen MR) is 51.4 cm³/mol. The Morgan fingerprint density at radius 3 is 3.07 bits per heavy atom. The lowest BCUT2D eigenvalue weighted by Gasteiger charge is -2.18. The van der Waals surface area contributed by atoms with Crippen molar-refractivity contribution in [3.05, 3.63) is 18.0 Å². The number of carbonyl (C=O) groups excluding carboxylic acids is 1. The fourth-order valence-corrected chi connectivity index (χ4v) is 2.46. The molecule has 0 saturated carbocycles. The van der Waals surface area contributed by atoms with Gasteiger partial charge in [-0.3, -0.25) is 4.79 Å². The third kappa shape index (κ3) is 1.82. The maximum absolute atomic E-state index is 11.7. The Bertz CT molecular complexity index is 378. The topological polar surface area (TPSA) is 83.6 Å². The lowest BCUT2D eigenvalue weighted by atomic mass is 10.2. The molecule has 0 aliphatic carbocycles. The summed E-state index contributed by atoms with van der Waals surface area (Å²) in [6.45, 7) is 0. The third-order valence-corrected chi connectivity index (χ3v) is 3.10. The summed E-state index contributed by atoms with van der Waals surface area (Å²) in [6.07, 6.45) is 1.28. The molecule has 15 heavy (non-hydrogen) atoms. The number of aromatic nitrogens is 1. The van der Waals surface area contributed by atoms with Gasteiger partial charge in [-0.15, -0.1) is 11.8 Å². The van der Waals surface area contributed by atoms with Crippen molar-refractivity contribution in [2.45, 2.75) is 6.04 Å². The number of rotatable bonds is 2. The maximum atomic E-state index is 11.7. The molecule has 1 saturated heterocycles. The van der Waals surface area contributed by atoms with E-state index in [0.29, 0.717) is 11.6 Å². The van der Waals surface area contributed by atoms with Crippen LogP contribution < -0.4 is 0 Å². The first-order chi connectivity index (χ1) is 7.20. The standard InChI is InChI=1S/C8H8N2O4S/c11-7(5-1-2-14-9-5)10-4-15-3-6(10)8(12)13/h1-2,6H,3-4H2,(H,12,13). The molecule has 1 N–H and O–H groups in total. The van der Waals surface area contributed by atoms with E-state index in [4.69, 9.17) is 5.11 Å². The van der Waals surface area contributed by atoms with Gasteiger partial charge in [0.05, 0.1) is 5.88 Å². The number of carboxylic acids is 1. The molecule has 1 aliphatic rings. The zero-order valence-corrected chi connectivity index (χ0v) is 8.44.